The molecule has 1 saturated heterocycles. The predicted molar refractivity (Wildman–Crippen MR) is 77.6 cm³/mol. The van der Waals surface area contributed by atoms with E-state index in [1.165, 1.54) is 0 Å². The minimum absolute atomic E-state index is 0.162. The zero-order chi connectivity index (χ0) is 14.8. The van der Waals surface area contributed by atoms with E-state index in [0.29, 0.717) is 37.6 Å². The highest BCUT2D eigenvalue weighted by Crippen LogP contribution is 2.27. The highest BCUT2D eigenvalue weighted by atomic mass is 16.5. The molecule has 1 aromatic rings. The quantitative estimate of drug-likeness (QED) is 0.780. The van der Waals surface area contributed by atoms with Crippen molar-refractivity contribution in [3.63, 3.8) is 0 Å². The second kappa shape index (κ2) is 5.85. The van der Waals surface area contributed by atoms with Gasteiger partial charge in [0.2, 0.25) is 0 Å². The molecule has 3 heterocycles. The lowest BCUT2D eigenvalue weighted by atomic mass is 9.95. The van der Waals surface area contributed by atoms with Crippen LogP contribution in [0.15, 0.2) is 27.4 Å². The molecule has 5 nitrogen and oxygen atoms in total. The maximum absolute atomic E-state index is 12.4. The highest BCUT2D eigenvalue weighted by Gasteiger charge is 2.25. The molecule has 21 heavy (non-hydrogen) atoms. The summed E-state index contributed by atoms with van der Waals surface area (Å²) in [5, 5.41) is 0. The van der Waals surface area contributed by atoms with Gasteiger partial charge in [-0.2, -0.15) is 0 Å². The van der Waals surface area contributed by atoms with Gasteiger partial charge in [0.15, 0.2) is 0 Å². The molecule has 3 rings (SSSR count). The van der Waals surface area contributed by atoms with Gasteiger partial charge in [0.25, 0.3) is 5.91 Å². The third kappa shape index (κ3) is 2.78. The fourth-order valence-electron chi connectivity index (χ4n) is 2.88. The number of nitrogens with zero attached hydrogens (tertiary/aromatic N) is 1. The number of hydrogen-bond acceptors (Lipinski definition) is 4. The van der Waals surface area contributed by atoms with Crippen LogP contribution in [-0.2, 0) is 4.74 Å². The molecule has 0 aromatic carbocycles. The Morgan fingerprint density at radius 1 is 1.24 bits per heavy atom. The standard InChI is InChI=1S/C16H19NO4/c1-11-10-13(12-4-8-20-9-5-12)21-16(19)14(11)15(18)17-6-2-3-7-17/h2-3,10,12H,4-9H2,1H3. The van der Waals surface area contributed by atoms with Crippen LogP contribution in [0, 0.1) is 6.92 Å². The number of carbonyl (C=O) groups is 1. The van der Waals surface area contributed by atoms with Crippen molar-refractivity contribution in [3.8, 4) is 0 Å². The highest BCUT2D eigenvalue weighted by molar-refractivity contribution is 5.95. The first kappa shape index (κ1) is 14.1. The van der Waals surface area contributed by atoms with E-state index in [9.17, 15) is 9.59 Å². The van der Waals surface area contributed by atoms with Crippen LogP contribution >= 0.6 is 0 Å². The first-order valence-corrected chi connectivity index (χ1v) is 7.33. The summed E-state index contributed by atoms with van der Waals surface area (Å²) in [7, 11) is 0. The van der Waals surface area contributed by atoms with Crippen molar-refractivity contribution in [3.05, 3.63) is 45.5 Å². The average Bonchev–Trinajstić information content (AvgIpc) is 3.01. The van der Waals surface area contributed by atoms with Gasteiger partial charge in [0, 0.05) is 32.2 Å². The molecule has 0 saturated carbocycles. The Hall–Kier alpha value is -1.88. The summed E-state index contributed by atoms with van der Waals surface area (Å²) in [5.41, 5.74) is 0.340. The summed E-state index contributed by atoms with van der Waals surface area (Å²) in [6.07, 6.45) is 5.55. The van der Waals surface area contributed by atoms with Crippen LogP contribution < -0.4 is 5.63 Å². The van der Waals surface area contributed by atoms with Crippen molar-refractivity contribution in [2.24, 2.45) is 0 Å². The molecule has 0 spiro atoms. The van der Waals surface area contributed by atoms with Gasteiger partial charge in [-0.25, -0.2) is 4.79 Å². The molecular weight excluding hydrogens is 270 g/mol. The molecule has 1 fully saturated rings. The van der Waals surface area contributed by atoms with Crippen LogP contribution in [0.3, 0.4) is 0 Å². The van der Waals surface area contributed by atoms with Crippen molar-refractivity contribution in [2.45, 2.75) is 25.7 Å². The fourth-order valence-corrected chi connectivity index (χ4v) is 2.88. The number of hydrogen-bond donors (Lipinski definition) is 0. The van der Waals surface area contributed by atoms with Crippen molar-refractivity contribution in [1.82, 2.24) is 4.90 Å². The zero-order valence-electron chi connectivity index (χ0n) is 12.1. The minimum atomic E-state index is -0.520. The summed E-state index contributed by atoms with van der Waals surface area (Å²) in [6, 6.07) is 1.84. The second-order valence-corrected chi connectivity index (χ2v) is 5.56. The van der Waals surface area contributed by atoms with Gasteiger partial charge in [0.1, 0.15) is 11.3 Å². The number of rotatable bonds is 2. The third-order valence-electron chi connectivity index (χ3n) is 4.11. The normalized spacial score (nSPS) is 19.2. The van der Waals surface area contributed by atoms with E-state index in [4.69, 9.17) is 9.15 Å². The van der Waals surface area contributed by atoms with E-state index in [-0.39, 0.29) is 17.4 Å². The topological polar surface area (TPSA) is 59.8 Å². The van der Waals surface area contributed by atoms with Crippen LogP contribution in [0.1, 0.15) is 40.4 Å². The summed E-state index contributed by atoms with van der Waals surface area (Å²) < 4.78 is 10.8. The maximum Gasteiger partial charge on any atom is 0.349 e. The lowest BCUT2D eigenvalue weighted by molar-refractivity contribution is 0.0773. The van der Waals surface area contributed by atoms with Crippen molar-refractivity contribution in [1.29, 1.82) is 0 Å². The molecular formula is C16H19NO4. The number of amides is 1. The minimum Gasteiger partial charge on any atom is -0.427 e. The SMILES string of the molecule is Cc1cc(C2CCOCC2)oc(=O)c1C(=O)N1CC=CC1. The van der Waals surface area contributed by atoms with Gasteiger partial charge >= 0.3 is 5.63 Å². The van der Waals surface area contributed by atoms with Gasteiger partial charge in [-0.3, -0.25) is 4.79 Å². The monoisotopic (exact) mass is 289 g/mol. The van der Waals surface area contributed by atoms with E-state index >= 15 is 0 Å². The molecule has 0 aliphatic carbocycles. The van der Waals surface area contributed by atoms with Crippen LogP contribution in [-0.4, -0.2) is 37.1 Å². The largest absolute Gasteiger partial charge is 0.427 e. The molecule has 0 N–H and O–H groups in total. The molecule has 2 aliphatic rings. The number of carbonyl (C=O) groups excluding carboxylic acids is 1. The molecule has 0 radical (unpaired) electrons. The van der Waals surface area contributed by atoms with E-state index in [2.05, 4.69) is 0 Å². The van der Waals surface area contributed by atoms with Gasteiger partial charge in [0.05, 0.1) is 0 Å². The van der Waals surface area contributed by atoms with Gasteiger partial charge < -0.3 is 14.1 Å². The van der Waals surface area contributed by atoms with Crippen LogP contribution in [0.25, 0.3) is 0 Å². The zero-order valence-corrected chi connectivity index (χ0v) is 12.1. The summed E-state index contributed by atoms with van der Waals surface area (Å²) in [4.78, 5) is 26.3. The Morgan fingerprint density at radius 2 is 1.90 bits per heavy atom. The fraction of sp³-hybridized carbons (Fsp3) is 0.500. The van der Waals surface area contributed by atoms with Crippen molar-refractivity contribution in [2.75, 3.05) is 26.3 Å². The molecule has 1 aromatic heterocycles. The summed E-state index contributed by atoms with van der Waals surface area (Å²) >= 11 is 0. The molecule has 1 amide bonds. The number of ether oxygens (including phenoxy) is 1. The van der Waals surface area contributed by atoms with E-state index < -0.39 is 5.63 Å². The maximum atomic E-state index is 12.4. The molecule has 5 heteroatoms. The average molecular weight is 289 g/mol. The van der Waals surface area contributed by atoms with Gasteiger partial charge in [-0.1, -0.05) is 12.2 Å². The summed E-state index contributed by atoms with van der Waals surface area (Å²) in [5.74, 6) is 0.643. The Labute approximate surface area is 123 Å². The van der Waals surface area contributed by atoms with E-state index in [0.717, 1.165) is 12.8 Å². The van der Waals surface area contributed by atoms with Crippen molar-refractivity contribution < 1.29 is 13.9 Å². The summed E-state index contributed by atoms with van der Waals surface area (Å²) in [6.45, 7) is 4.29. The van der Waals surface area contributed by atoms with E-state index in [1.54, 1.807) is 11.8 Å². The molecule has 112 valence electrons. The lowest BCUT2D eigenvalue weighted by Crippen LogP contribution is -2.33. The third-order valence-corrected chi connectivity index (χ3v) is 4.11. The lowest BCUT2D eigenvalue weighted by Gasteiger charge is -2.22. The van der Waals surface area contributed by atoms with E-state index in [1.807, 2.05) is 18.2 Å². The first-order valence-electron chi connectivity index (χ1n) is 7.33. The van der Waals surface area contributed by atoms with Crippen LogP contribution in [0.4, 0.5) is 0 Å². The van der Waals surface area contributed by atoms with Crippen molar-refractivity contribution >= 4 is 5.91 Å². The van der Waals surface area contributed by atoms with Gasteiger partial charge in [-0.05, 0) is 31.4 Å². The Morgan fingerprint density at radius 3 is 2.52 bits per heavy atom. The smallest absolute Gasteiger partial charge is 0.349 e. The first-order chi connectivity index (χ1) is 10.2. The Balaban J connectivity index is 1.89. The Bertz CT molecular complexity index is 618. The molecule has 0 bridgehead atoms. The van der Waals surface area contributed by atoms with Crippen LogP contribution in [0.2, 0.25) is 0 Å². The molecule has 0 atom stereocenters. The second-order valence-electron chi connectivity index (χ2n) is 5.56. The molecule has 0 unspecified atom stereocenters. The van der Waals surface area contributed by atoms with Crippen LogP contribution in [0.5, 0.6) is 0 Å². The predicted octanol–water partition coefficient (Wildman–Crippen LogP) is 1.85. The Kier molecular flexibility index (Phi) is 3.92. The molecule has 2 aliphatic heterocycles. The number of aryl methyl sites for hydroxylation is 1. The van der Waals surface area contributed by atoms with Gasteiger partial charge in [-0.15, -0.1) is 0 Å².